The topological polar surface area (TPSA) is 135 Å². The zero-order valence-electron chi connectivity index (χ0n) is 22.0. The Morgan fingerprint density at radius 3 is 2.18 bits per heavy atom. The van der Waals surface area contributed by atoms with Gasteiger partial charge in [-0.25, -0.2) is 9.18 Å². The monoisotopic (exact) mass is 526 g/mol. The third kappa shape index (κ3) is 8.65. The summed E-state index contributed by atoms with van der Waals surface area (Å²) in [6.45, 7) is 6.02. The van der Waals surface area contributed by atoms with Gasteiger partial charge in [-0.3, -0.25) is 15.0 Å². The first-order chi connectivity index (χ1) is 17.9. The maximum Gasteiger partial charge on any atom is 0.332 e. The van der Waals surface area contributed by atoms with Gasteiger partial charge in [0.25, 0.3) is 5.91 Å². The Morgan fingerprint density at radius 2 is 1.63 bits per heavy atom. The molecule has 3 rings (SSSR count). The number of nitrogens with zero attached hydrogens (tertiary/aromatic N) is 1. The molecule has 0 unspecified atom stereocenters. The minimum atomic E-state index is -0.875. The number of carbonyl (C=O) groups is 3. The molecule has 1 heterocycles. The number of rotatable bonds is 9. The number of nitrogen functional groups attached to an aromatic ring is 1. The number of hydrogen-bond acceptors (Lipinski definition) is 6. The summed E-state index contributed by atoms with van der Waals surface area (Å²) in [5, 5.41) is 10.3. The zero-order chi connectivity index (χ0) is 27.9. The number of nitrogens with two attached hydrogens (primary N) is 1. The first kappa shape index (κ1) is 28.8. The zero-order valence-corrected chi connectivity index (χ0v) is 22.0. The Balaban J connectivity index is 1.64. The van der Waals surface area contributed by atoms with Crippen molar-refractivity contribution in [2.45, 2.75) is 57.8 Å². The van der Waals surface area contributed by atoms with Crippen molar-refractivity contribution in [3.8, 4) is 0 Å². The quantitative estimate of drug-likeness (QED) is 0.261. The SMILES string of the molecule is CC(C)(C)OC(=O)COC1CCN(C(=O)[C@@H](Cc2ccc(F)cc2)NC(=O)c2ccc(C(=N)N)cc2)CC1. The number of likely N-dealkylation sites (tertiary alicyclic amines) is 1. The second-order valence-electron chi connectivity index (χ2n) is 10.3. The maximum absolute atomic E-state index is 13.5. The number of nitrogens with one attached hydrogen (secondary N) is 2. The fourth-order valence-electron chi connectivity index (χ4n) is 4.12. The van der Waals surface area contributed by atoms with E-state index in [0.29, 0.717) is 42.6 Å². The van der Waals surface area contributed by atoms with E-state index in [-0.39, 0.29) is 36.7 Å². The number of ether oxygens (including phenoxy) is 2. The highest BCUT2D eigenvalue weighted by molar-refractivity contribution is 5.99. The van der Waals surface area contributed by atoms with Crippen LogP contribution < -0.4 is 11.1 Å². The van der Waals surface area contributed by atoms with Gasteiger partial charge in [0.1, 0.15) is 29.9 Å². The third-order valence-electron chi connectivity index (χ3n) is 6.03. The molecule has 0 radical (unpaired) electrons. The van der Waals surface area contributed by atoms with Crippen LogP contribution in [0.1, 0.15) is 55.1 Å². The average molecular weight is 527 g/mol. The molecule has 204 valence electrons. The molecule has 2 aromatic carbocycles. The third-order valence-corrected chi connectivity index (χ3v) is 6.03. The predicted octanol–water partition coefficient (Wildman–Crippen LogP) is 2.80. The fraction of sp³-hybridized carbons (Fsp3) is 0.429. The van der Waals surface area contributed by atoms with E-state index in [9.17, 15) is 18.8 Å². The number of amidine groups is 1. The number of benzene rings is 2. The van der Waals surface area contributed by atoms with Crippen molar-refractivity contribution in [2.75, 3.05) is 19.7 Å². The summed E-state index contributed by atoms with van der Waals surface area (Å²) in [4.78, 5) is 40.1. The minimum absolute atomic E-state index is 0.111. The average Bonchev–Trinajstić information content (AvgIpc) is 2.87. The van der Waals surface area contributed by atoms with Gasteiger partial charge in [-0.2, -0.15) is 0 Å². The largest absolute Gasteiger partial charge is 0.458 e. The lowest BCUT2D eigenvalue weighted by molar-refractivity contribution is -0.163. The number of carbonyl (C=O) groups excluding carboxylic acids is 3. The molecule has 0 aliphatic carbocycles. The number of esters is 1. The Hall–Kier alpha value is -3.79. The highest BCUT2D eigenvalue weighted by Crippen LogP contribution is 2.17. The molecule has 0 bridgehead atoms. The first-order valence-electron chi connectivity index (χ1n) is 12.5. The van der Waals surface area contributed by atoms with Crippen LogP contribution in [-0.4, -0.2) is 66.0 Å². The van der Waals surface area contributed by atoms with E-state index in [1.54, 1.807) is 62.1 Å². The Labute approximate surface area is 222 Å². The van der Waals surface area contributed by atoms with Crippen molar-refractivity contribution in [1.82, 2.24) is 10.2 Å². The summed E-state index contributed by atoms with van der Waals surface area (Å²) in [6.07, 6.45) is 1.08. The summed E-state index contributed by atoms with van der Waals surface area (Å²) in [7, 11) is 0. The van der Waals surface area contributed by atoms with Crippen LogP contribution >= 0.6 is 0 Å². The molecule has 1 aliphatic rings. The van der Waals surface area contributed by atoms with Gasteiger partial charge in [-0.1, -0.05) is 24.3 Å². The maximum atomic E-state index is 13.5. The van der Waals surface area contributed by atoms with Gasteiger partial charge in [0.05, 0.1) is 6.10 Å². The number of piperidine rings is 1. The number of hydrogen-bond donors (Lipinski definition) is 3. The highest BCUT2D eigenvalue weighted by atomic mass is 19.1. The van der Waals surface area contributed by atoms with Crippen LogP contribution in [-0.2, 0) is 25.5 Å². The molecule has 1 aliphatic heterocycles. The standard InChI is InChI=1S/C28H35FN4O5/c1-28(2,3)38-24(34)17-37-22-12-14-33(15-13-22)27(36)23(16-18-4-10-21(29)11-5-18)32-26(35)20-8-6-19(7-9-20)25(30)31/h4-11,22-23H,12-17H2,1-3H3,(H3,30,31)(H,32,35)/t23-/m1/s1. The summed E-state index contributed by atoms with van der Waals surface area (Å²) >= 11 is 0. The van der Waals surface area contributed by atoms with E-state index in [2.05, 4.69) is 5.32 Å². The van der Waals surface area contributed by atoms with Crippen LogP contribution in [0.5, 0.6) is 0 Å². The van der Waals surface area contributed by atoms with E-state index < -0.39 is 23.5 Å². The van der Waals surface area contributed by atoms with Crippen LogP contribution in [0.2, 0.25) is 0 Å². The van der Waals surface area contributed by atoms with E-state index in [0.717, 1.165) is 0 Å². The van der Waals surface area contributed by atoms with Gasteiger partial charge in [0.15, 0.2) is 0 Å². The van der Waals surface area contributed by atoms with Crippen molar-refractivity contribution < 1.29 is 28.2 Å². The van der Waals surface area contributed by atoms with E-state index in [1.807, 2.05) is 0 Å². The molecule has 4 N–H and O–H groups in total. The van der Waals surface area contributed by atoms with Gasteiger partial charge in [-0.15, -0.1) is 0 Å². The normalized spacial score (nSPS) is 15.0. The molecule has 38 heavy (non-hydrogen) atoms. The predicted molar refractivity (Wildman–Crippen MR) is 140 cm³/mol. The van der Waals surface area contributed by atoms with E-state index >= 15 is 0 Å². The summed E-state index contributed by atoms with van der Waals surface area (Å²) in [5.41, 5.74) is 6.40. The molecular weight excluding hydrogens is 491 g/mol. The van der Waals surface area contributed by atoms with Crippen molar-refractivity contribution in [3.05, 3.63) is 71.0 Å². The van der Waals surface area contributed by atoms with Gasteiger partial charge >= 0.3 is 5.97 Å². The van der Waals surface area contributed by atoms with Crippen molar-refractivity contribution in [2.24, 2.45) is 5.73 Å². The lowest BCUT2D eigenvalue weighted by Gasteiger charge is -2.34. The van der Waals surface area contributed by atoms with Crippen LogP contribution in [0.25, 0.3) is 0 Å². The molecule has 0 saturated carbocycles. The van der Waals surface area contributed by atoms with Crippen LogP contribution in [0.4, 0.5) is 4.39 Å². The summed E-state index contributed by atoms with van der Waals surface area (Å²) in [6, 6.07) is 11.1. The Morgan fingerprint density at radius 1 is 1.05 bits per heavy atom. The smallest absolute Gasteiger partial charge is 0.332 e. The molecule has 10 heteroatoms. The van der Waals surface area contributed by atoms with Crippen molar-refractivity contribution in [1.29, 1.82) is 5.41 Å². The molecule has 2 aromatic rings. The van der Waals surface area contributed by atoms with Gasteiger partial charge in [0.2, 0.25) is 5.91 Å². The van der Waals surface area contributed by atoms with Crippen LogP contribution in [0.15, 0.2) is 48.5 Å². The van der Waals surface area contributed by atoms with Crippen LogP contribution in [0.3, 0.4) is 0 Å². The van der Waals surface area contributed by atoms with Crippen LogP contribution in [0, 0.1) is 11.2 Å². The highest BCUT2D eigenvalue weighted by Gasteiger charge is 2.30. The summed E-state index contributed by atoms with van der Waals surface area (Å²) in [5.74, 6) is -1.64. The molecule has 1 saturated heterocycles. The van der Waals surface area contributed by atoms with E-state index in [4.69, 9.17) is 20.6 Å². The lowest BCUT2D eigenvalue weighted by atomic mass is 10.0. The van der Waals surface area contributed by atoms with Gasteiger partial charge in [0, 0.05) is 30.6 Å². The molecule has 2 amide bonds. The molecule has 1 fully saturated rings. The lowest BCUT2D eigenvalue weighted by Crippen LogP contribution is -2.52. The van der Waals surface area contributed by atoms with Crippen molar-refractivity contribution in [3.63, 3.8) is 0 Å². The minimum Gasteiger partial charge on any atom is -0.458 e. The fourth-order valence-corrected chi connectivity index (χ4v) is 4.12. The molecule has 1 atom stereocenters. The van der Waals surface area contributed by atoms with Gasteiger partial charge < -0.3 is 25.4 Å². The van der Waals surface area contributed by atoms with E-state index in [1.165, 1.54) is 12.1 Å². The second kappa shape index (κ2) is 12.6. The number of amides is 2. The summed E-state index contributed by atoms with van der Waals surface area (Å²) < 4.78 is 24.4. The molecule has 9 nitrogen and oxygen atoms in total. The first-order valence-corrected chi connectivity index (χ1v) is 12.5. The van der Waals surface area contributed by atoms with Crippen molar-refractivity contribution >= 4 is 23.6 Å². The Bertz CT molecular complexity index is 1140. The number of halogens is 1. The van der Waals surface area contributed by atoms with Gasteiger partial charge in [-0.05, 0) is 63.4 Å². The second-order valence-corrected chi connectivity index (χ2v) is 10.3. The molecule has 0 spiro atoms. The molecular formula is C28H35FN4O5. The molecule has 0 aromatic heterocycles. The Kier molecular flexibility index (Phi) is 9.57.